The summed E-state index contributed by atoms with van der Waals surface area (Å²) in [4.78, 5) is 27.0. The zero-order chi connectivity index (χ0) is 16.0. The van der Waals surface area contributed by atoms with E-state index < -0.39 is 29.6 Å². The molecule has 0 N–H and O–H groups in total. The number of esters is 2. The maximum atomic E-state index is 12.5. The van der Waals surface area contributed by atoms with Crippen LogP contribution in [0.25, 0.3) is 0 Å². The zero-order valence-electron chi connectivity index (χ0n) is 11.4. The lowest BCUT2D eigenvalue weighted by atomic mass is 10.0. The van der Waals surface area contributed by atoms with Crippen molar-refractivity contribution in [3.05, 3.63) is 29.6 Å². The van der Waals surface area contributed by atoms with Crippen molar-refractivity contribution in [1.82, 2.24) is 4.98 Å². The summed E-state index contributed by atoms with van der Waals surface area (Å²) in [6.45, 7) is 3.13. The van der Waals surface area contributed by atoms with Gasteiger partial charge in [0.15, 0.2) is 5.92 Å². The van der Waals surface area contributed by atoms with Gasteiger partial charge in [-0.3, -0.25) is 14.6 Å². The normalized spacial score (nSPS) is 11.3. The third kappa shape index (κ3) is 4.44. The Hall–Kier alpha value is -2.12. The highest BCUT2D eigenvalue weighted by Crippen LogP contribution is 2.29. The minimum absolute atomic E-state index is 0.0232. The maximum Gasteiger partial charge on any atom is 0.417 e. The molecule has 0 spiro atoms. The number of aromatic nitrogens is 1. The average Bonchev–Trinajstić information content (AvgIpc) is 2.39. The lowest BCUT2D eigenvalue weighted by Crippen LogP contribution is -2.27. The van der Waals surface area contributed by atoms with Gasteiger partial charge in [-0.25, -0.2) is 0 Å². The molecule has 0 saturated carbocycles. The van der Waals surface area contributed by atoms with Gasteiger partial charge in [0.25, 0.3) is 0 Å². The first-order valence-corrected chi connectivity index (χ1v) is 6.17. The van der Waals surface area contributed by atoms with Crippen LogP contribution in [0.2, 0.25) is 0 Å². The first-order chi connectivity index (χ1) is 9.81. The Labute approximate surface area is 119 Å². The van der Waals surface area contributed by atoms with Crippen LogP contribution < -0.4 is 0 Å². The van der Waals surface area contributed by atoms with Crippen molar-refractivity contribution in [3.8, 4) is 0 Å². The number of pyridine rings is 1. The molecule has 0 aliphatic carbocycles. The Balaban J connectivity index is 3.08. The molecular weight excluding hydrogens is 291 g/mol. The van der Waals surface area contributed by atoms with Gasteiger partial charge in [0.05, 0.1) is 24.5 Å². The maximum absolute atomic E-state index is 12.5. The Morgan fingerprint density at radius 1 is 1.14 bits per heavy atom. The van der Waals surface area contributed by atoms with E-state index in [-0.39, 0.29) is 18.9 Å². The summed E-state index contributed by atoms with van der Waals surface area (Å²) in [6, 6.07) is 1.70. The molecule has 0 saturated heterocycles. The number of rotatable bonds is 5. The minimum Gasteiger partial charge on any atom is -0.465 e. The molecule has 0 unspecified atom stereocenters. The Kier molecular flexibility index (Phi) is 5.69. The van der Waals surface area contributed by atoms with E-state index in [2.05, 4.69) is 4.98 Å². The number of carbonyl (C=O) groups is 2. The van der Waals surface area contributed by atoms with Gasteiger partial charge >= 0.3 is 18.1 Å². The summed E-state index contributed by atoms with van der Waals surface area (Å²) in [5, 5.41) is 0. The third-order valence-corrected chi connectivity index (χ3v) is 2.45. The van der Waals surface area contributed by atoms with E-state index in [1.807, 2.05) is 0 Å². The molecule has 1 aromatic rings. The second-order valence-corrected chi connectivity index (χ2v) is 3.91. The molecule has 0 aromatic carbocycles. The van der Waals surface area contributed by atoms with Gasteiger partial charge in [-0.15, -0.1) is 0 Å². The highest BCUT2D eigenvalue weighted by atomic mass is 19.4. The molecule has 1 heterocycles. The van der Waals surface area contributed by atoms with Crippen LogP contribution in [0.15, 0.2) is 18.3 Å². The first kappa shape index (κ1) is 16.9. The van der Waals surface area contributed by atoms with Gasteiger partial charge in [0.1, 0.15) is 0 Å². The lowest BCUT2D eigenvalue weighted by Gasteiger charge is -2.14. The van der Waals surface area contributed by atoms with Gasteiger partial charge in [0.2, 0.25) is 0 Å². The van der Waals surface area contributed by atoms with Crippen molar-refractivity contribution in [2.45, 2.75) is 25.9 Å². The number of ether oxygens (including phenoxy) is 2. The van der Waals surface area contributed by atoms with Crippen molar-refractivity contribution in [2.24, 2.45) is 0 Å². The predicted octanol–water partition coefficient (Wildman–Crippen LogP) is 2.31. The molecule has 0 amide bonds. The standard InChI is InChI=1S/C13H14F3NO4/c1-3-20-11(18)10(12(19)21-4-2)9-6-5-8(7-17-9)13(14,15)16/h5-7,10H,3-4H2,1-2H3. The minimum atomic E-state index is -4.55. The van der Waals surface area contributed by atoms with E-state index in [4.69, 9.17) is 9.47 Å². The molecular formula is C13H14F3NO4. The predicted molar refractivity (Wildman–Crippen MR) is 65.2 cm³/mol. The number of hydrogen-bond acceptors (Lipinski definition) is 5. The largest absolute Gasteiger partial charge is 0.465 e. The number of hydrogen-bond donors (Lipinski definition) is 0. The van der Waals surface area contributed by atoms with Crippen LogP contribution in [0, 0.1) is 0 Å². The fourth-order valence-electron chi connectivity index (χ4n) is 1.53. The fraction of sp³-hybridized carbons (Fsp3) is 0.462. The van der Waals surface area contributed by atoms with Crippen molar-refractivity contribution in [2.75, 3.05) is 13.2 Å². The van der Waals surface area contributed by atoms with Gasteiger partial charge in [-0.1, -0.05) is 0 Å². The lowest BCUT2D eigenvalue weighted by molar-refractivity contribution is -0.157. The summed E-state index contributed by atoms with van der Waals surface area (Å²) in [5.41, 5.74) is -1.13. The summed E-state index contributed by atoms with van der Waals surface area (Å²) < 4.78 is 46.8. The highest BCUT2D eigenvalue weighted by Gasteiger charge is 2.35. The second kappa shape index (κ2) is 7.05. The van der Waals surface area contributed by atoms with E-state index in [9.17, 15) is 22.8 Å². The smallest absolute Gasteiger partial charge is 0.417 e. The van der Waals surface area contributed by atoms with E-state index in [1.54, 1.807) is 13.8 Å². The first-order valence-electron chi connectivity index (χ1n) is 6.17. The molecule has 0 atom stereocenters. The molecule has 0 bridgehead atoms. The summed E-state index contributed by atoms with van der Waals surface area (Å²) >= 11 is 0. The van der Waals surface area contributed by atoms with Crippen LogP contribution in [0.4, 0.5) is 13.2 Å². The number of carbonyl (C=O) groups excluding carboxylic acids is 2. The molecule has 116 valence electrons. The molecule has 0 aliphatic rings. The van der Waals surface area contributed by atoms with Gasteiger partial charge in [0, 0.05) is 6.20 Å². The molecule has 0 aliphatic heterocycles. The molecule has 0 radical (unpaired) electrons. The SMILES string of the molecule is CCOC(=O)C(C(=O)OCC)c1ccc(C(F)(F)F)cn1. The van der Waals surface area contributed by atoms with Gasteiger partial charge < -0.3 is 9.47 Å². The van der Waals surface area contributed by atoms with Crippen LogP contribution in [-0.2, 0) is 25.2 Å². The van der Waals surface area contributed by atoms with Crippen LogP contribution in [0.3, 0.4) is 0 Å². The van der Waals surface area contributed by atoms with Gasteiger partial charge in [-0.05, 0) is 26.0 Å². The zero-order valence-corrected chi connectivity index (χ0v) is 11.4. The average molecular weight is 305 g/mol. The van der Waals surface area contributed by atoms with Crippen LogP contribution in [-0.4, -0.2) is 30.1 Å². The van der Waals surface area contributed by atoms with Crippen molar-refractivity contribution >= 4 is 11.9 Å². The molecule has 5 nitrogen and oxygen atoms in total. The van der Waals surface area contributed by atoms with E-state index in [0.717, 1.165) is 12.1 Å². The molecule has 1 rings (SSSR count). The summed E-state index contributed by atoms with van der Waals surface area (Å²) in [5.74, 6) is -3.32. The number of alkyl halides is 3. The molecule has 21 heavy (non-hydrogen) atoms. The van der Waals surface area contributed by atoms with Crippen molar-refractivity contribution in [3.63, 3.8) is 0 Å². The van der Waals surface area contributed by atoms with Crippen molar-refractivity contribution in [1.29, 1.82) is 0 Å². The monoisotopic (exact) mass is 305 g/mol. The third-order valence-electron chi connectivity index (χ3n) is 2.45. The Morgan fingerprint density at radius 2 is 1.67 bits per heavy atom. The molecule has 0 fully saturated rings. The van der Waals surface area contributed by atoms with E-state index in [0.29, 0.717) is 6.20 Å². The van der Waals surface area contributed by atoms with Crippen molar-refractivity contribution < 1.29 is 32.2 Å². The fourth-order valence-corrected chi connectivity index (χ4v) is 1.53. The topological polar surface area (TPSA) is 65.5 Å². The number of nitrogens with zero attached hydrogens (tertiary/aromatic N) is 1. The Morgan fingerprint density at radius 3 is 2.00 bits per heavy atom. The summed E-state index contributed by atoms with van der Waals surface area (Å²) in [6.07, 6.45) is -3.99. The Bertz CT molecular complexity index is 481. The van der Waals surface area contributed by atoms with Gasteiger partial charge in [-0.2, -0.15) is 13.2 Å². The quantitative estimate of drug-likeness (QED) is 0.617. The van der Waals surface area contributed by atoms with Crippen LogP contribution >= 0.6 is 0 Å². The second-order valence-electron chi connectivity index (χ2n) is 3.91. The van der Waals surface area contributed by atoms with E-state index >= 15 is 0 Å². The highest BCUT2D eigenvalue weighted by molar-refractivity contribution is 6.00. The molecule has 8 heteroatoms. The van der Waals surface area contributed by atoms with Crippen LogP contribution in [0.5, 0.6) is 0 Å². The van der Waals surface area contributed by atoms with Crippen LogP contribution in [0.1, 0.15) is 31.0 Å². The van der Waals surface area contributed by atoms with E-state index in [1.165, 1.54) is 0 Å². The number of halogens is 3. The summed E-state index contributed by atoms with van der Waals surface area (Å²) in [7, 11) is 0. The molecule has 1 aromatic heterocycles.